The van der Waals surface area contributed by atoms with E-state index in [2.05, 4.69) is 60.1 Å². The van der Waals surface area contributed by atoms with Crippen LogP contribution in [0, 0.1) is 0 Å². The second-order valence-electron chi connectivity index (χ2n) is 14.1. The third-order valence-electron chi connectivity index (χ3n) is 8.38. The standard InChI is InChI=1S/C48H74NO12P/c1-3-5-7-8-9-10-11-12-13-14-15-16-17-18-22-25-31-37-46(52)58-39-44(40-59-62(56,57)60-41-45(49)48(54)55)61-47(53)38-32-26-30-36-43(51)35-29-24-21-19-20-23-28-34-42(50)33-27-6-4-2/h5-7,9-10,12-13,15-16,20-21,23-24,27-30,34-36,42-45,50-51H,3-4,8,11,14,17-19,22,25-26,31-33,37-41,49H2,1-2H3,(H,54,55)(H,56,57)/b7-5-,10-9-,13-12-,16-15-,23-20-,24-21-,27-6-,34-28+,35-29+,36-30-/t42-,43-,44+,45-/m0/s1. The van der Waals surface area contributed by atoms with E-state index in [4.69, 9.17) is 24.8 Å². The lowest BCUT2D eigenvalue weighted by atomic mass is 10.1. The Bertz CT molecular complexity index is 1540. The van der Waals surface area contributed by atoms with Gasteiger partial charge in [0.05, 0.1) is 25.4 Å². The van der Waals surface area contributed by atoms with Crippen LogP contribution in [0.5, 0.6) is 0 Å². The maximum absolute atomic E-state index is 12.6. The number of aliphatic hydroxyl groups is 2. The van der Waals surface area contributed by atoms with Crippen LogP contribution >= 0.6 is 7.82 Å². The van der Waals surface area contributed by atoms with Gasteiger partial charge in [-0.1, -0.05) is 148 Å². The fourth-order valence-electron chi connectivity index (χ4n) is 4.97. The predicted molar refractivity (Wildman–Crippen MR) is 247 cm³/mol. The van der Waals surface area contributed by atoms with E-state index >= 15 is 0 Å². The van der Waals surface area contributed by atoms with Crippen molar-refractivity contribution in [1.29, 1.82) is 0 Å². The molecule has 0 aromatic carbocycles. The van der Waals surface area contributed by atoms with Crippen LogP contribution in [0.25, 0.3) is 0 Å². The van der Waals surface area contributed by atoms with Crippen LogP contribution in [0.15, 0.2) is 122 Å². The minimum absolute atomic E-state index is 0.0390. The molecular weight excluding hydrogens is 813 g/mol. The third-order valence-corrected chi connectivity index (χ3v) is 9.33. The Morgan fingerprint density at radius 3 is 1.81 bits per heavy atom. The SMILES string of the molecule is CC/C=C\C/C=C\C/C=C\C/C=C\CCCCCCC(=O)OC[C@H](COP(=O)(O)OC[C@H](N)C(=O)O)OC(=O)CCC/C=C\[C@@H](O)/C=C/C=C\C/C=C\C=C\[C@@H](O)C/C=C\CC. The Morgan fingerprint density at radius 2 is 1.15 bits per heavy atom. The summed E-state index contributed by atoms with van der Waals surface area (Å²) >= 11 is 0. The van der Waals surface area contributed by atoms with Gasteiger partial charge in [-0.3, -0.25) is 23.4 Å². The number of rotatable bonds is 38. The molecule has 0 aliphatic rings. The van der Waals surface area contributed by atoms with Gasteiger partial charge in [-0.15, -0.1) is 0 Å². The van der Waals surface area contributed by atoms with Crippen molar-refractivity contribution in [1.82, 2.24) is 0 Å². The number of phosphoric acid groups is 1. The average molecular weight is 888 g/mol. The summed E-state index contributed by atoms with van der Waals surface area (Å²) in [4.78, 5) is 46.0. The monoisotopic (exact) mass is 887 g/mol. The fourth-order valence-corrected chi connectivity index (χ4v) is 5.75. The van der Waals surface area contributed by atoms with Crippen LogP contribution in [0.1, 0.15) is 117 Å². The quantitative estimate of drug-likeness (QED) is 0.0129. The maximum atomic E-state index is 12.6. The van der Waals surface area contributed by atoms with E-state index in [1.165, 1.54) is 0 Å². The molecule has 0 aliphatic heterocycles. The minimum Gasteiger partial charge on any atom is -0.480 e. The molecule has 13 nitrogen and oxygen atoms in total. The number of carbonyl (C=O) groups is 3. The lowest BCUT2D eigenvalue weighted by Crippen LogP contribution is -2.34. The number of phosphoric ester groups is 1. The van der Waals surface area contributed by atoms with Gasteiger partial charge >= 0.3 is 25.7 Å². The highest BCUT2D eigenvalue weighted by atomic mass is 31.2. The molecule has 0 saturated carbocycles. The van der Waals surface area contributed by atoms with Crippen molar-refractivity contribution < 1.29 is 57.7 Å². The molecule has 0 fully saturated rings. The number of esters is 2. The van der Waals surface area contributed by atoms with Crippen molar-refractivity contribution in [3.8, 4) is 0 Å². The van der Waals surface area contributed by atoms with E-state index in [1.54, 1.807) is 30.4 Å². The van der Waals surface area contributed by atoms with Crippen LogP contribution in [0.3, 0.4) is 0 Å². The Kier molecular flexibility index (Phi) is 38.1. The summed E-state index contributed by atoms with van der Waals surface area (Å²) < 4.78 is 32.5. The first-order chi connectivity index (χ1) is 29.9. The number of unbranched alkanes of at least 4 members (excludes halogenated alkanes) is 5. The van der Waals surface area contributed by atoms with Crippen molar-refractivity contribution in [3.05, 3.63) is 122 Å². The molecule has 1 unspecified atom stereocenters. The molecule has 0 aromatic rings. The highest BCUT2D eigenvalue weighted by Crippen LogP contribution is 2.43. The number of nitrogens with two attached hydrogens (primary N) is 1. The van der Waals surface area contributed by atoms with E-state index in [1.807, 2.05) is 49.5 Å². The predicted octanol–water partition coefficient (Wildman–Crippen LogP) is 9.55. The summed E-state index contributed by atoms with van der Waals surface area (Å²) in [5.74, 6) is -2.64. The largest absolute Gasteiger partial charge is 0.480 e. The number of ether oxygens (including phenoxy) is 2. The molecule has 6 N–H and O–H groups in total. The molecule has 0 aliphatic carbocycles. The van der Waals surface area contributed by atoms with Gasteiger partial charge in [-0.25, -0.2) is 4.57 Å². The summed E-state index contributed by atoms with van der Waals surface area (Å²) in [6, 6.07) is -1.57. The Balaban J connectivity index is 4.69. The summed E-state index contributed by atoms with van der Waals surface area (Å²) in [5, 5.41) is 28.9. The molecule has 62 heavy (non-hydrogen) atoms. The molecule has 348 valence electrons. The zero-order chi connectivity index (χ0) is 45.9. The Labute approximate surface area is 370 Å². The molecule has 14 heteroatoms. The van der Waals surface area contributed by atoms with Crippen molar-refractivity contribution in [2.75, 3.05) is 19.8 Å². The van der Waals surface area contributed by atoms with Gasteiger partial charge in [-0.05, 0) is 77.0 Å². The zero-order valence-electron chi connectivity index (χ0n) is 36.9. The smallest absolute Gasteiger partial charge is 0.472 e. The first-order valence-electron chi connectivity index (χ1n) is 21.8. The summed E-state index contributed by atoms with van der Waals surface area (Å²) in [6.45, 7) is 2.25. The average Bonchev–Trinajstić information content (AvgIpc) is 3.24. The summed E-state index contributed by atoms with van der Waals surface area (Å²) in [7, 11) is -4.79. The van der Waals surface area contributed by atoms with E-state index in [9.17, 15) is 34.1 Å². The normalized spacial score (nSPS) is 15.8. The topological polar surface area (TPSA) is 212 Å². The van der Waals surface area contributed by atoms with Crippen LogP contribution in [0.4, 0.5) is 0 Å². The van der Waals surface area contributed by atoms with Gasteiger partial charge in [0.25, 0.3) is 0 Å². The number of carboxylic acid groups (broad SMARTS) is 1. The third kappa shape index (κ3) is 39.9. The second-order valence-corrected chi connectivity index (χ2v) is 15.6. The lowest BCUT2D eigenvalue weighted by molar-refractivity contribution is -0.161. The van der Waals surface area contributed by atoms with Gasteiger partial charge in [0, 0.05) is 12.8 Å². The number of aliphatic carboxylic acids is 1. The van der Waals surface area contributed by atoms with Crippen molar-refractivity contribution in [3.63, 3.8) is 0 Å². The minimum atomic E-state index is -4.79. The van der Waals surface area contributed by atoms with Gasteiger partial charge in [0.15, 0.2) is 6.10 Å². The molecule has 0 rings (SSSR count). The summed E-state index contributed by atoms with van der Waals surface area (Å²) in [6.07, 6.45) is 47.7. The molecule has 5 atom stereocenters. The van der Waals surface area contributed by atoms with Gasteiger partial charge < -0.3 is 35.4 Å². The van der Waals surface area contributed by atoms with Crippen LogP contribution < -0.4 is 5.73 Å². The first kappa shape index (κ1) is 57.8. The van der Waals surface area contributed by atoms with Gasteiger partial charge in [0.1, 0.15) is 12.6 Å². The molecule has 0 heterocycles. The van der Waals surface area contributed by atoms with Gasteiger partial charge in [-0.2, -0.15) is 0 Å². The van der Waals surface area contributed by atoms with E-state index in [0.29, 0.717) is 32.1 Å². The molecule has 0 amide bonds. The van der Waals surface area contributed by atoms with E-state index in [0.717, 1.165) is 57.8 Å². The van der Waals surface area contributed by atoms with E-state index in [-0.39, 0.29) is 12.8 Å². The Morgan fingerprint density at radius 1 is 0.597 bits per heavy atom. The molecule has 0 aromatic heterocycles. The Hall–Kier alpha value is -4.20. The van der Waals surface area contributed by atoms with Crippen molar-refractivity contribution in [2.24, 2.45) is 5.73 Å². The molecule has 0 spiro atoms. The number of allylic oxidation sites excluding steroid dienone is 16. The van der Waals surface area contributed by atoms with Gasteiger partial charge in [0.2, 0.25) is 0 Å². The molecule has 0 saturated heterocycles. The fraction of sp³-hybridized carbons (Fsp3) is 0.521. The zero-order valence-corrected chi connectivity index (χ0v) is 37.8. The first-order valence-corrected chi connectivity index (χ1v) is 23.3. The van der Waals surface area contributed by atoms with Crippen LogP contribution in [-0.2, 0) is 37.5 Å². The van der Waals surface area contributed by atoms with Crippen molar-refractivity contribution in [2.45, 2.75) is 141 Å². The van der Waals surface area contributed by atoms with Crippen molar-refractivity contribution >= 4 is 25.7 Å². The number of aliphatic hydroxyl groups excluding tert-OH is 2. The molecular formula is C48H74NO12P. The maximum Gasteiger partial charge on any atom is 0.472 e. The van der Waals surface area contributed by atoms with Crippen LogP contribution in [-0.4, -0.2) is 82.3 Å². The number of hydrogen-bond donors (Lipinski definition) is 5. The highest BCUT2D eigenvalue weighted by Gasteiger charge is 2.28. The second kappa shape index (κ2) is 40.8. The van der Waals surface area contributed by atoms with E-state index < -0.39 is 69.9 Å². The highest BCUT2D eigenvalue weighted by molar-refractivity contribution is 7.47. The van der Waals surface area contributed by atoms with Crippen LogP contribution in [0.2, 0.25) is 0 Å². The summed E-state index contributed by atoms with van der Waals surface area (Å²) in [5.41, 5.74) is 5.32. The number of carbonyl (C=O) groups excluding carboxylic acids is 2. The molecule has 0 bridgehead atoms. The number of carboxylic acids is 1. The molecule has 0 radical (unpaired) electrons. The lowest BCUT2D eigenvalue weighted by Gasteiger charge is -2.20. The number of hydrogen-bond acceptors (Lipinski definition) is 11.